The Labute approximate surface area is 103 Å². The van der Waals surface area contributed by atoms with Crippen molar-refractivity contribution in [1.82, 2.24) is 0 Å². The van der Waals surface area contributed by atoms with Gasteiger partial charge < -0.3 is 0 Å². The average molecular weight is 250 g/mol. The second-order valence-corrected chi connectivity index (χ2v) is 5.73. The Morgan fingerprint density at radius 3 is 2.12 bits per heavy atom. The van der Waals surface area contributed by atoms with Crippen LogP contribution in [-0.4, -0.2) is 26.8 Å². The van der Waals surface area contributed by atoms with Gasteiger partial charge in [0.1, 0.15) is 0 Å². The van der Waals surface area contributed by atoms with Gasteiger partial charge in [0.05, 0.1) is 0 Å². The highest BCUT2D eigenvalue weighted by Crippen LogP contribution is 2.25. The van der Waals surface area contributed by atoms with Crippen molar-refractivity contribution in [1.29, 1.82) is 0 Å². The fourth-order valence-corrected chi connectivity index (χ4v) is 3.50. The van der Waals surface area contributed by atoms with E-state index < -0.39 is 16.0 Å². The van der Waals surface area contributed by atoms with Crippen molar-refractivity contribution in [3.05, 3.63) is 35.4 Å². The lowest BCUT2D eigenvalue weighted by atomic mass is 10.1. The number of hydrogen-bond donors (Lipinski definition) is 0. The standard InChI is InChI=1S/C13H14O3S/c1-2-3-8-17(16)13-11(14)9-6-4-5-7-10(9)12(13)15/h4-7,13H,2-3,8H2,1H3. The van der Waals surface area contributed by atoms with E-state index >= 15 is 0 Å². The predicted octanol–water partition coefficient (Wildman–Crippen LogP) is 1.98. The number of ketones is 2. The lowest BCUT2D eigenvalue weighted by molar-refractivity contribution is 0.0930. The summed E-state index contributed by atoms with van der Waals surface area (Å²) in [4.78, 5) is 24.0. The normalized spacial score (nSPS) is 17.2. The van der Waals surface area contributed by atoms with Crippen molar-refractivity contribution in [2.24, 2.45) is 0 Å². The van der Waals surface area contributed by atoms with Gasteiger partial charge in [-0.2, -0.15) is 0 Å². The monoisotopic (exact) mass is 250 g/mol. The van der Waals surface area contributed by atoms with E-state index in [9.17, 15) is 13.8 Å². The molecular weight excluding hydrogens is 236 g/mol. The number of hydrogen-bond acceptors (Lipinski definition) is 3. The van der Waals surface area contributed by atoms with Gasteiger partial charge in [0.2, 0.25) is 0 Å². The fraction of sp³-hybridized carbons (Fsp3) is 0.385. The molecule has 2 rings (SSSR count). The van der Waals surface area contributed by atoms with Gasteiger partial charge in [-0.3, -0.25) is 13.8 Å². The van der Waals surface area contributed by atoms with E-state index in [-0.39, 0.29) is 11.6 Å². The molecule has 3 nitrogen and oxygen atoms in total. The maximum absolute atomic E-state index is 12.0. The van der Waals surface area contributed by atoms with Gasteiger partial charge in [0.15, 0.2) is 16.8 Å². The first-order valence-electron chi connectivity index (χ1n) is 5.71. The summed E-state index contributed by atoms with van der Waals surface area (Å²) >= 11 is 0. The Morgan fingerprint density at radius 2 is 1.65 bits per heavy atom. The molecule has 0 N–H and O–H groups in total. The van der Waals surface area contributed by atoms with Crippen LogP contribution in [0.3, 0.4) is 0 Å². The largest absolute Gasteiger partial charge is 0.292 e. The van der Waals surface area contributed by atoms with Crippen LogP contribution < -0.4 is 0 Å². The summed E-state index contributed by atoms with van der Waals surface area (Å²) in [6.07, 6.45) is 1.69. The molecule has 0 spiro atoms. The molecule has 0 amide bonds. The topological polar surface area (TPSA) is 51.2 Å². The fourth-order valence-electron chi connectivity index (χ4n) is 1.96. The molecule has 90 valence electrons. The van der Waals surface area contributed by atoms with E-state index in [1.165, 1.54) is 0 Å². The van der Waals surface area contributed by atoms with Crippen molar-refractivity contribution in [2.75, 3.05) is 5.75 Å². The number of rotatable bonds is 4. The van der Waals surface area contributed by atoms with Crippen LogP contribution in [0, 0.1) is 0 Å². The lowest BCUT2D eigenvalue weighted by Crippen LogP contribution is -2.29. The number of Topliss-reactive ketones (excluding diaryl/α,β-unsaturated/α-hetero) is 2. The maximum atomic E-state index is 12.0. The molecule has 0 saturated carbocycles. The van der Waals surface area contributed by atoms with Crippen LogP contribution in [0.5, 0.6) is 0 Å². The highest BCUT2D eigenvalue weighted by atomic mass is 32.2. The van der Waals surface area contributed by atoms with Crippen LogP contribution >= 0.6 is 0 Å². The Balaban J connectivity index is 2.27. The molecule has 1 atom stereocenters. The number of unbranched alkanes of at least 4 members (excludes halogenated alkanes) is 1. The quantitative estimate of drug-likeness (QED) is 0.768. The van der Waals surface area contributed by atoms with E-state index in [1.807, 2.05) is 6.92 Å². The molecule has 0 aromatic heterocycles. The summed E-state index contributed by atoms with van der Waals surface area (Å²) in [7, 11) is -1.38. The summed E-state index contributed by atoms with van der Waals surface area (Å²) < 4.78 is 12.0. The number of carbonyl (C=O) groups excluding carboxylic acids is 2. The molecule has 17 heavy (non-hydrogen) atoms. The Morgan fingerprint density at radius 1 is 1.12 bits per heavy atom. The van der Waals surface area contributed by atoms with Gasteiger partial charge in [-0.05, 0) is 6.42 Å². The Hall–Kier alpha value is -1.29. The summed E-state index contributed by atoms with van der Waals surface area (Å²) in [6, 6.07) is 6.71. The molecule has 1 aliphatic rings. The molecule has 0 heterocycles. The van der Waals surface area contributed by atoms with Gasteiger partial charge in [-0.1, -0.05) is 37.6 Å². The Kier molecular flexibility index (Phi) is 3.52. The molecule has 0 saturated heterocycles. The lowest BCUT2D eigenvalue weighted by Gasteiger charge is -2.05. The Bertz CT molecular complexity index is 458. The minimum absolute atomic E-state index is 0.278. The maximum Gasteiger partial charge on any atom is 0.187 e. The van der Waals surface area contributed by atoms with Gasteiger partial charge in [-0.15, -0.1) is 0 Å². The van der Waals surface area contributed by atoms with Gasteiger partial charge in [0, 0.05) is 27.7 Å². The average Bonchev–Trinajstić information content (AvgIpc) is 2.60. The summed E-state index contributed by atoms with van der Waals surface area (Å²) in [5, 5.41) is -0.959. The zero-order chi connectivity index (χ0) is 12.4. The third-order valence-corrected chi connectivity index (χ3v) is 4.54. The molecule has 0 bridgehead atoms. The summed E-state index contributed by atoms with van der Waals surface area (Å²) in [5.74, 6) is -0.132. The second kappa shape index (κ2) is 4.92. The first kappa shape index (κ1) is 12.2. The highest BCUT2D eigenvalue weighted by Gasteiger charge is 2.41. The highest BCUT2D eigenvalue weighted by molar-refractivity contribution is 7.87. The van der Waals surface area contributed by atoms with Crippen LogP contribution in [0.4, 0.5) is 0 Å². The van der Waals surface area contributed by atoms with Crippen LogP contribution in [0.25, 0.3) is 0 Å². The predicted molar refractivity (Wildman–Crippen MR) is 66.8 cm³/mol. The van der Waals surface area contributed by atoms with Crippen molar-refractivity contribution < 1.29 is 13.8 Å². The SMILES string of the molecule is CCCCS(=O)C1C(=O)c2ccccc2C1=O. The molecular formula is C13H14O3S. The number of fused-ring (bicyclic) bond motifs is 1. The minimum Gasteiger partial charge on any atom is -0.292 e. The number of benzene rings is 1. The van der Waals surface area contributed by atoms with Crippen molar-refractivity contribution >= 4 is 22.4 Å². The molecule has 4 heteroatoms. The number of carbonyl (C=O) groups is 2. The van der Waals surface area contributed by atoms with E-state index in [1.54, 1.807) is 24.3 Å². The third kappa shape index (κ3) is 2.09. The van der Waals surface area contributed by atoms with Crippen molar-refractivity contribution in [3.63, 3.8) is 0 Å². The second-order valence-electron chi connectivity index (χ2n) is 4.09. The molecule has 1 aromatic rings. The smallest absolute Gasteiger partial charge is 0.187 e. The van der Waals surface area contributed by atoms with Gasteiger partial charge >= 0.3 is 0 Å². The van der Waals surface area contributed by atoms with Crippen molar-refractivity contribution in [3.8, 4) is 0 Å². The van der Waals surface area contributed by atoms with Crippen LogP contribution in [0.1, 0.15) is 40.5 Å². The zero-order valence-electron chi connectivity index (χ0n) is 9.64. The summed E-state index contributed by atoms with van der Waals surface area (Å²) in [6.45, 7) is 1.99. The first-order chi connectivity index (χ1) is 8.16. The molecule has 0 fully saturated rings. The first-order valence-corrected chi connectivity index (χ1v) is 7.09. The molecule has 1 unspecified atom stereocenters. The van der Waals surface area contributed by atoms with Crippen LogP contribution in [0.2, 0.25) is 0 Å². The molecule has 1 aliphatic carbocycles. The minimum atomic E-state index is -1.38. The van der Waals surface area contributed by atoms with E-state index in [2.05, 4.69) is 0 Å². The van der Waals surface area contributed by atoms with Crippen LogP contribution in [-0.2, 0) is 10.8 Å². The van der Waals surface area contributed by atoms with E-state index in [0.29, 0.717) is 16.9 Å². The van der Waals surface area contributed by atoms with E-state index in [0.717, 1.165) is 12.8 Å². The third-order valence-electron chi connectivity index (χ3n) is 2.90. The van der Waals surface area contributed by atoms with E-state index in [4.69, 9.17) is 0 Å². The molecule has 0 radical (unpaired) electrons. The van der Waals surface area contributed by atoms with Crippen molar-refractivity contribution in [2.45, 2.75) is 25.0 Å². The van der Waals surface area contributed by atoms with Gasteiger partial charge in [-0.25, -0.2) is 0 Å². The van der Waals surface area contributed by atoms with Crippen LogP contribution in [0.15, 0.2) is 24.3 Å². The zero-order valence-corrected chi connectivity index (χ0v) is 10.5. The molecule has 1 aromatic carbocycles. The van der Waals surface area contributed by atoms with Gasteiger partial charge in [0.25, 0.3) is 0 Å². The summed E-state index contributed by atoms with van der Waals surface area (Å²) in [5.41, 5.74) is 0.847. The molecule has 0 aliphatic heterocycles.